The van der Waals surface area contributed by atoms with Crippen LogP contribution in [0.15, 0.2) is 4.79 Å². The standard InChI is InChI=1S/C16H21N3O3S/c1-9-6-4-5-7-19(9)8-11-17-14(20)12-10(2)13(16(21)22-3)23-15(12)18-11/h9H,4-8H2,1-3H3,(H,17,18,20)/t9-/m0/s1. The number of H-pyrrole nitrogens is 1. The molecule has 1 aliphatic rings. The van der Waals surface area contributed by atoms with Gasteiger partial charge in [-0.1, -0.05) is 6.42 Å². The van der Waals surface area contributed by atoms with Gasteiger partial charge in [-0.25, -0.2) is 9.78 Å². The Labute approximate surface area is 138 Å². The number of carbonyl (C=O) groups excluding carboxylic acids is 1. The Hall–Kier alpha value is -1.73. The van der Waals surface area contributed by atoms with E-state index in [1.54, 1.807) is 6.92 Å². The fourth-order valence-electron chi connectivity index (χ4n) is 3.14. The highest BCUT2D eigenvalue weighted by Gasteiger charge is 2.22. The van der Waals surface area contributed by atoms with Gasteiger partial charge in [-0.15, -0.1) is 11.3 Å². The average molecular weight is 335 g/mol. The van der Waals surface area contributed by atoms with Gasteiger partial charge in [0.15, 0.2) is 0 Å². The summed E-state index contributed by atoms with van der Waals surface area (Å²) in [4.78, 5) is 35.1. The van der Waals surface area contributed by atoms with Crippen molar-refractivity contribution in [3.8, 4) is 0 Å². The van der Waals surface area contributed by atoms with Crippen LogP contribution in [0.25, 0.3) is 10.2 Å². The van der Waals surface area contributed by atoms with Gasteiger partial charge < -0.3 is 9.72 Å². The molecular weight excluding hydrogens is 314 g/mol. The lowest BCUT2D eigenvalue weighted by molar-refractivity contribution is 0.0605. The molecule has 7 heteroatoms. The van der Waals surface area contributed by atoms with E-state index in [1.165, 1.54) is 37.7 Å². The molecule has 0 aliphatic carbocycles. The highest BCUT2D eigenvalue weighted by molar-refractivity contribution is 7.20. The maximum absolute atomic E-state index is 12.4. The van der Waals surface area contributed by atoms with E-state index in [9.17, 15) is 9.59 Å². The molecule has 2 aromatic heterocycles. The predicted octanol–water partition coefficient (Wildman–Crippen LogP) is 2.45. The highest BCUT2D eigenvalue weighted by Crippen LogP contribution is 2.28. The first-order valence-corrected chi connectivity index (χ1v) is 8.67. The maximum Gasteiger partial charge on any atom is 0.348 e. The monoisotopic (exact) mass is 335 g/mol. The van der Waals surface area contributed by atoms with Gasteiger partial charge >= 0.3 is 5.97 Å². The Morgan fingerprint density at radius 3 is 2.96 bits per heavy atom. The molecule has 1 saturated heterocycles. The third-order valence-electron chi connectivity index (χ3n) is 4.51. The van der Waals surface area contributed by atoms with Gasteiger partial charge in [-0.3, -0.25) is 9.69 Å². The Morgan fingerprint density at radius 1 is 1.48 bits per heavy atom. The van der Waals surface area contributed by atoms with Crippen molar-refractivity contribution in [2.24, 2.45) is 0 Å². The van der Waals surface area contributed by atoms with Crippen LogP contribution in [-0.2, 0) is 11.3 Å². The molecule has 0 aromatic carbocycles. The molecule has 2 aromatic rings. The number of aryl methyl sites for hydroxylation is 1. The van der Waals surface area contributed by atoms with E-state index < -0.39 is 5.97 Å². The number of hydrogen-bond acceptors (Lipinski definition) is 6. The van der Waals surface area contributed by atoms with E-state index in [-0.39, 0.29) is 5.56 Å². The minimum absolute atomic E-state index is 0.182. The Bertz CT molecular complexity index is 796. The van der Waals surface area contributed by atoms with Crippen molar-refractivity contribution in [2.45, 2.75) is 45.7 Å². The number of esters is 1. The highest BCUT2D eigenvalue weighted by atomic mass is 32.1. The molecule has 124 valence electrons. The average Bonchev–Trinajstić information content (AvgIpc) is 2.86. The van der Waals surface area contributed by atoms with E-state index in [0.717, 1.165) is 6.54 Å². The molecule has 1 aliphatic heterocycles. The zero-order valence-electron chi connectivity index (χ0n) is 13.6. The van der Waals surface area contributed by atoms with Crippen molar-refractivity contribution in [2.75, 3.05) is 13.7 Å². The molecule has 0 saturated carbocycles. The second-order valence-electron chi connectivity index (χ2n) is 6.06. The zero-order chi connectivity index (χ0) is 16.6. The van der Waals surface area contributed by atoms with Crippen LogP contribution in [0.2, 0.25) is 0 Å². The molecule has 3 rings (SSSR count). The summed E-state index contributed by atoms with van der Waals surface area (Å²) in [6, 6.07) is 0.500. The number of aromatic amines is 1. The topological polar surface area (TPSA) is 75.3 Å². The molecule has 0 spiro atoms. The van der Waals surface area contributed by atoms with Crippen LogP contribution in [0.4, 0.5) is 0 Å². The van der Waals surface area contributed by atoms with Gasteiger partial charge in [0, 0.05) is 6.04 Å². The van der Waals surface area contributed by atoms with Crippen molar-refractivity contribution in [1.29, 1.82) is 0 Å². The summed E-state index contributed by atoms with van der Waals surface area (Å²) >= 11 is 1.22. The van der Waals surface area contributed by atoms with Crippen LogP contribution < -0.4 is 5.56 Å². The Morgan fingerprint density at radius 2 is 2.26 bits per heavy atom. The van der Waals surface area contributed by atoms with Gasteiger partial charge in [-0.2, -0.15) is 0 Å². The largest absolute Gasteiger partial charge is 0.465 e. The molecule has 1 N–H and O–H groups in total. The number of thiophene rings is 1. The van der Waals surface area contributed by atoms with Crippen LogP contribution in [0.3, 0.4) is 0 Å². The van der Waals surface area contributed by atoms with Crippen LogP contribution in [0, 0.1) is 6.92 Å². The van der Waals surface area contributed by atoms with Gasteiger partial charge in [0.1, 0.15) is 15.5 Å². The Kier molecular flexibility index (Phi) is 4.50. The van der Waals surface area contributed by atoms with Gasteiger partial charge in [0.05, 0.1) is 19.0 Å². The summed E-state index contributed by atoms with van der Waals surface area (Å²) in [5, 5.41) is 0.492. The second kappa shape index (κ2) is 6.41. The number of likely N-dealkylation sites (tertiary alicyclic amines) is 1. The lowest BCUT2D eigenvalue weighted by atomic mass is 10.0. The third-order valence-corrected chi connectivity index (χ3v) is 5.68. The quantitative estimate of drug-likeness (QED) is 0.872. The van der Waals surface area contributed by atoms with Gasteiger partial charge in [-0.05, 0) is 38.8 Å². The summed E-state index contributed by atoms with van der Waals surface area (Å²) < 4.78 is 4.78. The van der Waals surface area contributed by atoms with Crippen LogP contribution in [0.1, 0.15) is 47.2 Å². The second-order valence-corrected chi connectivity index (χ2v) is 7.05. The van der Waals surface area contributed by atoms with Crippen molar-refractivity contribution < 1.29 is 9.53 Å². The minimum atomic E-state index is -0.420. The Balaban J connectivity index is 1.97. The minimum Gasteiger partial charge on any atom is -0.465 e. The van der Waals surface area contributed by atoms with Crippen molar-refractivity contribution >= 4 is 27.5 Å². The van der Waals surface area contributed by atoms with Crippen LogP contribution in [0.5, 0.6) is 0 Å². The number of methoxy groups -OCH3 is 1. The fraction of sp³-hybridized carbons (Fsp3) is 0.562. The molecule has 6 nitrogen and oxygen atoms in total. The van der Waals surface area contributed by atoms with Crippen molar-refractivity contribution in [3.63, 3.8) is 0 Å². The summed E-state index contributed by atoms with van der Waals surface area (Å²) in [5.41, 5.74) is 0.460. The first kappa shape index (κ1) is 16.1. The SMILES string of the molecule is COC(=O)c1sc2nc(CN3CCCC[C@@H]3C)[nH]c(=O)c2c1C. The van der Waals surface area contributed by atoms with Crippen LogP contribution >= 0.6 is 11.3 Å². The smallest absolute Gasteiger partial charge is 0.348 e. The third kappa shape index (κ3) is 3.03. The van der Waals surface area contributed by atoms with Gasteiger partial charge in [0.25, 0.3) is 5.56 Å². The number of aromatic nitrogens is 2. The number of piperidine rings is 1. The van der Waals surface area contributed by atoms with Gasteiger partial charge in [0.2, 0.25) is 0 Å². The molecule has 1 fully saturated rings. The first-order valence-electron chi connectivity index (χ1n) is 7.86. The molecular formula is C16H21N3O3S. The van der Waals surface area contributed by atoms with E-state index in [0.29, 0.717) is 39.1 Å². The van der Waals surface area contributed by atoms with E-state index in [2.05, 4.69) is 21.8 Å². The molecule has 23 heavy (non-hydrogen) atoms. The lowest BCUT2D eigenvalue weighted by Gasteiger charge is -2.32. The molecule has 1 atom stereocenters. The predicted molar refractivity (Wildman–Crippen MR) is 90.0 cm³/mol. The molecule has 0 amide bonds. The number of nitrogens with zero attached hydrogens (tertiary/aromatic N) is 2. The van der Waals surface area contributed by atoms with E-state index in [4.69, 9.17) is 4.74 Å². The molecule has 0 bridgehead atoms. The number of ether oxygens (including phenoxy) is 1. The van der Waals surface area contributed by atoms with E-state index in [1.807, 2.05) is 0 Å². The van der Waals surface area contributed by atoms with Crippen molar-refractivity contribution in [1.82, 2.24) is 14.9 Å². The first-order chi connectivity index (χ1) is 11.0. The molecule has 0 radical (unpaired) electrons. The molecule has 0 unspecified atom stereocenters. The van der Waals surface area contributed by atoms with Crippen LogP contribution in [-0.4, -0.2) is 40.5 Å². The number of nitrogens with one attached hydrogen (secondary N) is 1. The number of rotatable bonds is 3. The fourth-order valence-corrected chi connectivity index (χ4v) is 4.25. The molecule has 3 heterocycles. The summed E-state index contributed by atoms with van der Waals surface area (Å²) in [5.74, 6) is 0.241. The normalized spacial score (nSPS) is 19.2. The number of fused-ring (bicyclic) bond motifs is 1. The maximum atomic E-state index is 12.4. The number of hydrogen-bond donors (Lipinski definition) is 1. The summed E-state index contributed by atoms with van der Waals surface area (Å²) in [6.45, 7) is 5.63. The summed E-state index contributed by atoms with van der Waals surface area (Å²) in [6.07, 6.45) is 3.62. The number of carbonyl (C=O) groups is 1. The summed E-state index contributed by atoms with van der Waals surface area (Å²) in [7, 11) is 1.34. The van der Waals surface area contributed by atoms with Crippen molar-refractivity contribution in [3.05, 3.63) is 26.6 Å². The zero-order valence-corrected chi connectivity index (χ0v) is 14.5. The van der Waals surface area contributed by atoms with E-state index >= 15 is 0 Å². The lowest BCUT2D eigenvalue weighted by Crippen LogP contribution is -2.37.